The molecule has 0 bridgehead atoms. The fraction of sp³-hybridized carbons (Fsp3) is 0.188. The lowest BCUT2D eigenvalue weighted by molar-refractivity contribution is 0.0982. The highest BCUT2D eigenvalue weighted by atomic mass is 79.9. The zero-order chi connectivity index (χ0) is 13.7. The normalized spacial score (nSPS) is 10.2. The first-order valence-electron chi connectivity index (χ1n) is 6.11. The van der Waals surface area contributed by atoms with Crippen molar-refractivity contribution in [2.24, 2.45) is 0 Å². The van der Waals surface area contributed by atoms with Crippen LogP contribution in [0.25, 0.3) is 0 Å². The van der Waals surface area contributed by atoms with E-state index in [4.69, 9.17) is 4.74 Å². The number of rotatable bonds is 5. The summed E-state index contributed by atoms with van der Waals surface area (Å²) in [6.07, 6.45) is 1.26. The van der Waals surface area contributed by atoms with Crippen molar-refractivity contribution in [3.8, 4) is 5.75 Å². The highest BCUT2D eigenvalue weighted by Gasteiger charge is 2.07. The van der Waals surface area contributed by atoms with Gasteiger partial charge in [-0.2, -0.15) is 0 Å². The molecule has 0 radical (unpaired) electrons. The Balaban J connectivity index is 1.99. The van der Waals surface area contributed by atoms with E-state index < -0.39 is 0 Å². The van der Waals surface area contributed by atoms with E-state index in [1.54, 1.807) is 13.2 Å². The number of ether oxygens (including phenoxy) is 1. The molecule has 2 aromatic rings. The largest absolute Gasteiger partial charge is 0.497 e. The van der Waals surface area contributed by atoms with Gasteiger partial charge < -0.3 is 4.74 Å². The molecular formula is C16H15BrO2. The average molecular weight is 319 g/mol. The Labute approximate surface area is 121 Å². The Hall–Kier alpha value is -1.61. The van der Waals surface area contributed by atoms with Crippen LogP contribution in [-0.4, -0.2) is 12.9 Å². The van der Waals surface area contributed by atoms with Gasteiger partial charge in [0.25, 0.3) is 0 Å². The first-order chi connectivity index (χ1) is 9.19. The number of hydrogen-bond acceptors (Lipinski definition) is 2. The molecule has 0 aliphatic heterocycles. The number of carbonyl (C=O) groups excluding carboxylic acids is 1. The Bertz CT molecular complexity index is 561. The molecule has 0 saturated carbocycles. The number of benzene rings is 2. The lowest BCUT2D eigenvalue weighted by Crippen LogP contribution is -2.01. The first-order valence-corrected chi connectivity index (χ1v) is 6.90. The third-order valence-corrected chi connectivity index (χ3v) is 3.47. The fourth-order valence-corrected chi connectivity index (χ4v) is 2.11. The van der Waals surface area contributed by atoms with E-state index in [-0.39, 0.29) is 5.78 Å². The van der Waals surface area contributed by atoms with Crippen LogP contribution in [0.2, 0.25) is 0 Å². The molecule has 0 aromatic heterocycles. The van der Waals surface area contributed by atoms with Crippen LogP contribution >= 0.6 is 15.9 Å². The second-order valence-corrected chi connectivity index (χ2v) is 5.20. The lowest BCUT2D eigenvalue weighted by atomic mass is 10.0. The summed E-state index contributed by atoms with van der Waals surface area (Å²) in [5.74, 6) is 0.858. The van der Waals surface area contributed by atoms with Gasteiger partial charge in [0.15, 0.2) is 5.78 Å². The van der Waals surface area contributed by atoms with Crippen molar-refractivity contribution in [2.45, 2.75) is 12.8 Å². The second kappa shape index (κ2) is 6.53. The quantitative estimate of drug-likeness (QED) is 0.769. The van der Waals surface area contributed by atoms with Gasteiger partial charge in [-0.25, -0.2) is 0 Å². The summed E-state index contributed by atoms with van der Waals surface area (Å²) in [6, 6.07) is 15.3. The van der Waals surface area contributed by atoms with Crippen molar-refractivity contribution in [3.05, 3.63) is 64.1 Å². The van der Waals surface area contributed by atoms with Crippen LogP contribution in [0.3, 0.4) is 0 Å². The van der Waals surface area contributed by atoms with Crippen LogP contribution in [-0.2, 0) is 6.42 Å². The highest BCUT2D eigenvalue weighted by Crippen LogP contribution is 2.16. The van der Waals surface area contributed by atoms with Crippen molar-refractivity contribution in [1.82, 2.24) is 0 Å². The maximum atomic E-state index is 12.1. The molecule has 0 heterocycles. The SMILES string of the molecule is COc1cccc(C(=O)CCc2ccc(Br)cc2)c1. The zero-order valence-electron chi connectivity index (χ0n) is 10.7. The van der Waals surface area contributed by atoms with Crippen molar-refractivity contribution in [3.63, 3.8) is 0 Å². The molecule has 0 saturated heterocycles. The van der Waals surface area contributed by atoms with Gasteiger partial charge in [-0.1, -0.05) is 40.2 Å². The average Bonchev–Trinajstić information content (AvgIpc) is 2.46. The molecular weight excluding hydrogens is 304 g/mol. The molecule has 0 N–H and O–H groups in total. The summed E-state index contributed by atoms with van der Waals surface area (Å²) < 4.78 is 6.17. The third-order valence-electron chi connectivity index (χ3n) is 2.95. The number of aryl methyl sites for hydroxylation is 1. The molecule has 0 aliphatic carbocycles. The van der Waals surface area contributed by atoms with E-state index >= 15 is 0 Å². The number of halogens is 1. The molecule has 2 rings (SSSR count). The predicted octanol–water partition coefficient (Wildman–Crippen LogP) is 4.27. The van der Waals surface area contributed by atoms with E-state index in [1.165, 1.54) is 5.56 Å². The zero-order valence-corrected chi connectivity index (χ0v) is 12.3. The maximum Gasteiger partial charge on any atom is 0.163 e. The molecule has 2 nitrogen and oxygen atoms in total. The van der Waals surface area contributed by atoms with Gasteiger partial charge in [0, 0.05) is 16.5 Å². The number of methoxy groups -OCH3 is 1. The smallest absolute Gasteiger partial charge is 0.163 e. The highest BCUT2D eigenvalue weighted by molar-refractivity contribution is 9.10. The summed E-state index contributed by atoms with van der Waals surface area (Å²) in [4.78, 5) is 12.1. The molecule has 19 heavy (non-hydrogen) atoms. The first kappa shape index (κ1) is 13.8. The van der Waals surface area contributed by atoms with Crippen LogP contribution in [0, 0.1) is 0 Å². The molecule has 0 fully saturated rings. The molecule has 0 unspecified atom stereocenters. The monoisotopic (exact) mass is 318 g/mol. The standard InChI is InChI=1S/C16H15BrO2/c1-19-15-4-2-3-13(11-15)16(18)10-7-12-5-8-14(17)9-6-12/h2-6,8-9,11H,7,10H2,1H3. The molecule has 3 heteroatoms. The second-order valence-electron chi connectivity index (χ2n) is 4.28. The molecule has 98 valence electrons. The molecule has 2 aromatic carbocycles. The van der Waals surface area contributed by atoms with Crippen LogP contribution in [0.1, 0.15) is 22.3 Å². The Morgan fingerprint density at radius 2 is 1.89 bits per heavy atom. The van der Waals surface area contributed by atoms with E-state index in [9.17, 15) is 4.79 Å². The summed E-state index contributed by atoms with van der Waals surface area (Å²) in [6.45, 7) is 0. The van der Waals surface area contributed by atoms with Gasteiger partial charge in [-0.3, -0.25) is 4.79 Å². The summed E-state index contributed by atoms with van der Waals surface area (Å²) in [7, 11) is 1.60. The van der Waals surface area contributed by atoms with E-state index in [1.807, 2.05) is 42.5 Å². The molecule has 0 spiro atoms. The summed E-state index contributed by atoms with van der Waals surface area (Å²) in [5.41, 5.74) is 1.87. The van der Waals surface area contributed by atoms with Gasteiger partial charge in [0.2, 0.25) is 0 Å². The van der Waals surface area contributed by atoms with Gasteiger partial charge >= 0.3 is 0 Å². The van der Waals surface area contributed by atoms with E-state index in [2.05, 4.69) is 15.9 Å². The molecule has 0 amide bonds. The predicted molar refractivity (Wildman–Crippen MR) is 79.8 cm³/mol. The number of Topliss-reactive ketones (excluding diaryl/α,β-unsaturated/α-hetero) is 1. The van der Waals surface area contributed by atoms with E-state index in [0.29, 0.717) is 12.0 Å². The van der Waals surface area contributed by atoms with E-state index in [0.717, 1.165) is 16.6 Å². The third kappa shape index (κ3) is 3.93. The Morgan fingerprint density at radius 3 is 2.58 bits per heavy atom. The Kier molecular flexibility index (Phi) is 4.74. The van der Waals surface area contributed by atoms with Gasteiger partial charge in [-0.15, -0.1) is 0 Å². The van der Waals surface area contributed by atoms with Crippen molar-refractivity contribution >= 4 is 21.7 Å². The number of ketones is 1. The van der Waals surface area contributed by atoms with Crippen LogP contribution in [0.5, 0.6) is 5.75 Å². The van der Waals surface area contributed by atoms with Crippen molar-refractivity contribution in [2.75, 3.05) is 7.11 Å². The summed E-state index contributed by atoms with van der Waals surface area (Å²) >= 11 is 3.40. The minimum Gasteiger partial charge on any atom is -0.497 e. The maximum absolute atomic E-state index is 12.1. The number of carbonyl (C=O) groups is 1. The minimum absolute atomic E-state index is 0.141. The van der Waals surface area contributed by atoms with Crippen LogP contribution in [0.15, 0.2) is 53.0 Å². The van der Waals surface area contributed by atoms with Crippen molar-refractivity contribution in [1.29, 1.82) is 0 Å². The number of hydrogen-bond donors (Lipinski definition) is 0. The molecule has 0 atom stereocenters. The van der Waals surface area contributed by atoms with Crippen LogP contribution < -0.4 is 4.74 Å². The van der Waals surface area contributed by atoms with Crippen LogP contribution in [0.4, 0.5) is 0 Å². The fourth-order valence-electron chi connectivity index (χ4n) is 1.85. The topological polar surface area (TPSA) is 26.3 Å². The van der Waals surface area contributed by atoms with Crippen molar-refractivity contribution < 1.29 is 9.53 Å². The van der Waals surface area contributed by atoms with Gasteiger partial charge in [0.1, 0.15) is 5.75 Å². The summed E-state index contributed by atoms with van der Waals surface area (Å²) in [5, 5.41) is 0. The minimum atomic E-state index is 0.141. The van der Waals surface area contributed by atoms with Gasteiger partial charge in [-0.05, 0) is 36.2 Å². The lowest BCUT2D eigenvalue weighted by Gasteiger charge is -2.04. The van der Waals surface area contributed by atoms with Gasteiger partial charge in [0.05, 0.1) is 7.11 Å². The Morgan fingerprint density at radius 1 is 1.16 bits per heavy atom. The molecule has 0 aliphatic rings.